The Kier molecular flexibility index (Phi) is 6.31. The molecular weight excluding hydrogens is 420 g/mol. The number of piperidine rings is 1. The monoisotopic (exact) mass is 442 g/mol. The summed E-state index contributed by atoms with van der Waals surface area (Å²) in [6, 6.07) is 3.71. The third-order valence-corrected chi connectivity index (χ3v) is 5.50. The van der Waals surface area contributed by atoms with Crippen LogP contribution in [-0.2, 0) is 14.3 Å². The van der Waals surface area contributed by atoms with Crippen molar-refractivity contribution in [2.45, 2.75) is 31.7 Å². The average molecular weight is 443 g/mol. The summed E-state index contributed by atoms with van der Waals surface area (Å²) in [6.07, 6.45) is 7.17. The molecule has 1 saturated heterocycles. The highest BCUT2D eigenvalue weighted by atomic mass is 35.5. The van der Waals surface area contributed by atoms with Crippen LogP contribution in [0.15, 0.2) is 30.7 Å². The lowest BCUT2D eigenvalue weighted by atomic mass is 10.0. The van der Waals surface area contributed by atoms with Crippen LogP contribution in [0.4, 0.5) is 5.82 Å². The van der Waals surface area contributed by atoms with E-state index in [0.717, 1.165) is 29.4 Å². The summed E-state index contributed by atoms with van der Waals surface area (Å²) in [5.41, 5.74) is 1.53. The van der Waals surface area contributed by atoms with Gasteiger partial charge in [-0.2, -0.15) is 0 Å². The van der Waals surface area contributed by atoms with Crippen molar-refractivity contribution < 1.29 is 14.3 Å². The largest absolute Gasteiger partial charge is 0.469 e. The van der Waals surface area contributed by atoms with Crippen molar-refractivity contribution >= 4 is 40.3 Å². The average Bonchev–Trinajstić information content (AvgIpc) is 3.20. The van der Waals surface area contributed by atoms with Gasteiger partial charge < -0.3 is 19.9 Å². The predicted molar refractivity (Wildman–Crippen MR) is 117 cm³/mol. The van der Waals surface area contributed by atoms with Gasteiger partial charge in [-0.25, -0.2) is 15.0 Å². The normalized spacial score (nSPS) is 16.3. The fraction of sp³-hybridized carbons (Fsp3) is 0.381. The van der Waals surface area contributed by atoms with Crippen LogP contribution in [-0.4, -0.2) is 63.0 Å². The maximum absolute atomic E-state index is 12.4. The summed E-state index contributed by atoms with van der Waals surface area (Å²) in [7, 11) is 1.32. The number of methoxy groups -OCH3 is 1. The number of aromatic amines is 1. The van der Waals surface area contributed by atoms with Crippen LogP contribution in [0.1, 0.15) is 25.7 Å². The number of carbonyl (C=O) groups excluding carboxylic acids is 2. The molecule has 0 radical (unpaired) electrons. The fourth-order valence-corrected chi connectivity index (χ4v) is 3.89. The highest BCUT2D eigenvalue weighted by molar-refractivity contribution is 6.31. The number of anilines is 1. The fourth-order valence-electron chi connectivity index (χ4n) is 3.73. The topological polar surface area (TPSA) is 113 Å². The van der Waals surface area contributed by atoms with E-state index in [2.05, 4.69) is 30.0 Å². The summed E-state index contributed by atoms with van der Waals surface area (Å²) in [5.74, 6) is 0.830. The minimum absolute atomic E-state index is 0.0385. The van der Waals surface area contributed by atoms with Crippen molar-refractivity contribution in [2.24, 2.45) is 0 Å². The second-order valence-electron chi connectivity index (χ2n) is 7.42. The smallest absolute Gasteiger partial charge is 0.306 e. The number of carbonyl (C=O) groups is 2. The van der Waals surface area contributed by atoms with Gasteiger partial charge in [0.15, 0.2) is 5.82 Å². The lowest BCUT2D eigenvalue weighted by Crippen LogP contribution is -2.45. The van der Waals surface area contributed by atoms with E-state index in [1.807, 2.05) is 18.3 Å². The van der Waals surface area contributed by atoms with Crippen molar-refractivity contribution in [3.63, 3.8) is 0 Å². The number of likely N-dealkylation sites (tertiary alicyclic amines) is 1. The molecule has 4 heterocycles. The van der Waals surface area contributed by atoms with E-state index in [0.29, 0.717) is 29.8 Å². The lowest BCUT2D eigenvalue weighted by molar-refractivity contribution is -0.143. The van der Waals surface area contributed by atoms with Crippen LogP contribution in [0, 0.1) is 0 Å². The van der Waals surface area contributed by atoms with Gasteiger partial charge >= 0.3 is 5.97 Å². The molecule has 1 amide bonds. The Balaban J connectivity index is 1.44. The van der Waals surface area contributed by atoms with Gasteiger partial charge in [0.2, 0.25) is 5.91 Å². The highest BCUT2D eigenvalue weighted by Gasteiger charge is 2.24. The van der Waals surface area contributed by atoms with Crippen LogP contribution in [0.3, 0.4) is 0 Å². The van der Waals surface area contributed by atoms with E-state index in [4.69, 9.17) is 11.6 Å². The predicted octanol–water partition coefficient (Wildman–Crippen LogP) is 3.03. The summed E-state index contributed by atoms with van der Waals surface area (Å²) in [5, 5.41) is 4.81. The summed E-state index contributed by atoms with van der Waals surface area (Å²) >= 11 is 6.09. The van der Waals surface area contributed by atoms with E-state index < -0.39 is 0 Å². The van der Waals surface area contributed by atoms with Gasteiger partial charge in [-0.3, -0.25) is 9.59 Å². The van der Waals surface area contributed by atoms with Gasteiger partial charge in [0.25, 0.3) is 0 Å². The Morgan fingerprint density at radius 1 is 1.35 bits per heavy atom. The summed E-state index contributed by atoms with van der Waals surface area (Å²) in [6.45, 7) is 1.25. The molecule has 0 saturated carbocycles. The van der Waals surface area contributed by atoms with Crippen molar-refractivity contribution in [3.05, 3.63) is 35.7 Å². The minimum Gasteiger partial charge on any atom is -0.469 e. The lowest BCUT2D eigenvalue weighted by Gasteiger charge is -2.33. The van der Waals surface area contributed by atoms with Gasteiger partial charge in [-0.15, -0.1) is 0 Å². The second kappa shape index (κ2) is 9.30. The zero-order valence-corrected chi connectivity index (χ0v) is 17.9. The van der Waals surface area contributed by atoms with Gasteiger partial charge in [0, 0.05) is 55.1 Å². The summed E-state index contributed by atoms with van der Waals surface area (Å²) in [4.78, 5) is 41.9. The third kappa shape index (κ3) is 4.93. The van der Waals surface area contributed by atoms with Crippen molar-refractivity contribution in [2.75, 3.05) is 25.5 Å². The van der Waals surface area contributed by atoms with Crippen LogP contribution < -0.4 is 5.32 Å². The molecule has 4 rings (SSSR count). The molecule has 10 heteroatoms. The number of nitrogens with one attached hydrogen (secondary N) is 2. The number of ether oxygens (including phenoxy) is 1. The quantitative estimate of drug-likeness (QED) is 0.564. The number of hydrogen-bond donors (Lipinski definition) is 2. The minimum atomic E-state index is -0.373. The zero-order valence-electron chi connectivity index (χ0n) is 17.1. The van der Waals surface area contributed by atoms with E-state index in [9.17, 15) is 9.59 Å². The Morgan fingerprint density at radius 2 is 2.23 bits per heavy atom. The maximum Gasteiger partial charge on any atom is 0.306 e. The molecule has 3 aromatic heterocycles. The first-order valence-corrected chi connectivity index (χ1v) is 10.5. The number of aromatic nitrogens is 4. The molecule has 0 spiro atoms. The molecule has 1 aliphatic heterocycles. The highest BCUT2D eigenvalue weighted by Crippen LogP contribution is 2.27. The number of halogens is 1. The molecule has 0 aromatic carbocycles. The Hall–Kier alpha value is -3.20. The molecule has 1 fully saturated rings. The Morgan fingerprint density at radius 3 is 3.06 bits per heavy atom. The first-order valence-electron chi connectivity index (χ1n) is 10.1. The Bertz CT molecular complexity index is 1100. The van der Waals surface area contributed by atoms with Gasteiger partial charge in [-0.05, 0) is 25.0 Å². The molecule has 1 atom stereocenters. The first-order chi connectivity index (χ1) is 15.0. The molecule has 0 unspecified atom stereocenters. The molecule has 2 N–H and O–H groups in total. The number of H-pyrrole nitrogens is 1. The SMILES string of the molecule is COC(=O)CCC(=O)N1CCC[C@H](Nc2ccnc(-c3c[nH]c4ncc(Cl)cc34)n2)C1. The van der Waals surface area contributed by atoms with Crippen LogP contribution in [0.2, 0.25) is 5.02 Å². The number of pyridine rings is 1. The number of fused-ring (bicyclic) bond motifs is 1. The maximum atomic E-state index is 12.4. The molecule has 9 nitrogen and oxygen atoms in total. The second-order valence-corrected chi connectivity index (χ2v) is 7.85. The van der Waals surface area contributed by atoms with E-state index in [-0.39, 0.29) is 30.8 Å². The standard InChI is InChI=1S/C21H23ClN6O3/c1-31-19(30)5-4-18(29)28-8-2-3-14(12-28)26-17-6-7-23-21(27-17)16-11-25-20-15(16)9-13(22)10-24-20/h6-7,9-11,14H,2-5,8,12H2,1H3,(H,24,25)(H,23,26,27)/t14-/m0/s1. The van der Waals surface area contributed by atoms with E-state index in [1.165, 1.54) is 7.11 Å². The molecule has 31 heavy (non-hydrogen) atoms. The van der Waals surface area contributed by atoms with E-state index in [1.54, 1.807) is 17.3 Å². The van der Waals surface area contributed by atoms with Crippen LogP contribution >= 0.6 is 11.6 Å². The Labute approximate surface area is 184 Å². The van der Waals surface area contributed by atoms with Crippen molar-refractivity contribution in [3.8, 4) is 11.4 Å². The van der Waals surface area contributed by atoms with Crippen LogP contribution in [0.25, 0.3) is 22.4 Å². The number of esters is 1. The van der Waals surface area contributed by atoms with Crippen molar-refractivity contribution in [1.29, 1.82) is 0 Å². The number of nitrogens with zero attached hydrogens (tertiary/aromatic N) is 4. The zero-order chi connectivity index (χ0) is 21.8. The van der Waals surface area contributed by atoms with Crippen LogP contribution in [0.5, 0.6) is 0 Å². The summed E-state index contributed by atoms with van der Waals surface area (Å²) < 4.78 is 4.61. The third-order valence-electron chi connectivity index (χ3n) is 5.29. The molecular formula is C21H23ClN6O3. The molecule has 0 aliphatic carbocycles. The van der Waals surface area contributed by atoms with Crippen molar-refractivity contribution in [1.82, 2.24) is 24.8 Å². The number of amides is 1. The molecule has 0 bridgehead atoms. The molecule has 162 valence electrons. The van der Waals surface area contributed by atoms with Gasteiger partial charge in [0.05, 0.1) is 18.6 Å². The first kappa shape index (κ1) is 21.0. The number of hydrogen-bond acceptors (Lipinski definition) is 7. The van der Waals surface area contributed by atoms with Gasteiger partial charge in [-0.1, -0.05) is 11.6 Å². The number of rotatable bonds is 6. The van der Waals surface area contributed by atoms with E-state index >= 15 is 0 Å². The molecule has 1 aliphatic rings. The molecule has 3 aromatic rings. The van der Waals surface area contributed by atoms with Gasteiger partial charge in [0.1, 0.15) is 11.5 Å².